The highest BCUT2D eigenvalue weighted by Crippen LogP contribution is 2.75. The average Bonchev–Trinajstić information content (AvgIpc) is 2.88. The molecule has 1 fully saturated rings. The largest absolute Gasteiger partial charge is 0.508 e. The number of fused-ring (bicyclic) bond motifs is 3. The van der Waals surface area contributed by atoms with Crippen LogP contribution in [0.15, 0.2) is 24.3 Å². The van der Waals surface area contributed by atoms with Crippen LogP contribution in [0.1, 0.15) is 35.8 Å². The fourth-order valence-electron chi connectivity index (χ4n) is 3.60. The molecule has 0 saturated heterocycles. The van der Waals surface area contributed by atoms with E-state index in [2.05, 4.69) is 12.2 Å². The molecule has 1 aromatic rings. The SMILES string of the molecule is Oc1ccc(O)c2c1C1C=CC2C12CC2. The van der Waals surface area contributed by atoms with Gasteiger partial charge in [0.15, 0.2) is 0 Å². The molecule has 0 aliphatic heterocycles. The minimum absolute atomic E-state index is 0.332. The lowest BCUT2D eigenvalue weighted by Crippen LogP contribution is -2.03. The number of rotatable bonds is 0. The van der Waals surface area contributed by atoms with Crippen LogP contribution in [0, 0.1) is 5.41 Å². The molecule has 1 saturated carbocycles. The van der Waals surface area contributed by atoms with Crippen LogP contribution in [0.4, 0.5) is 0 Å². The van der Waals surface area contributed by atoms with Gasteiger partial charge in [-0.25, -0.2) is 0 Å². The smallest absolute Gasteiger partial charge is 0.119 e. The van der Waals surface area contributed by atoms with Crippen molar-refractivity contribution in [3.63, 3.8) is 0 Å². The molecule has 2 heteroatoms. The van der Waals surface area contributed by atoms with Crippen LogP contribution in [-0.4, -0.2) is 10.2 Å². The standard InChI is InChI=1S/C13H12O2/c14-9-3-4-10(15)12-8-2-1-7(11(9)12)13(8)5-6-13/h1-4,7-8,14-15H,5-6H2. The Morgan fingerprint density at radius 1 is 0.933 bits per heavy atom. The van der Waals surface area contributed by atoms with Crippen molar-refractivity contribution in [3.05, 3.63) is 35.4 Å². The average molecular weight is 200 g/mol. The van der Waals surface area contributed by atoms with Crippen molar-refractivity contribution < 1.29 is 10.2 Å². The summed E-state index contributed by atoms with van der Waals surface area (Å²) in [5, 5.41) is 19.8. The van der Waals surface area contributed by atoms with Crippen molar-refractivity contribution in [2.45, 2.75) is 24.7 Å². The minimum atomic E-state index is 0.332. The van der Waals surface area contributed by atoms with Crippen LogP contribution in [-0.2, 0) is 0 Å². The molecule has 3 aliphatic rings. The molecule has 1 spiro atoms. The molecular weight excluding hydrogens is 188 g/mol. The predicted molar refractivity (Wildman–Crippen MR) is 56.1 cm³/mol. The predicted octanol–water partition coefficient (Wildman–Crippen LogP) is 2.63. The highest BCUT2D eigenvalue weighted by molar-refractivity contribution is 5.63. The zero-order chi connectivity index (χ0) is 10.2. The van der Waals surface area contributed by atoms with Crippen molar-refractivity contribution >= 4 is 0 Å². The van der Waals surface area contributed by atoms with Gasteiger partial charge in [-0.3, -0.25) is 0 Å². The molecule has 0 heterocycles. The summed E-state index contributed by atoms with van der Waals surface area (Å²) < 4.78 is 0. The lowest BCUT2D eigenvalue weighted by Gasteiger charge is -2.12. The Labute approximate surface area is 87.9 Å². The first-order valence-corrected chi connectivity index (χ1v) is 5.47. The van der Waals surface area contributed by atoms with E-state index >= 15 is 0 Å². The maximum absolute atomic E-state index is 9.89. The maximum atomic E-state index is 9.89. The zero-order valence-corrected chi connectivity index (χ0v) is 8.27. The van der Waals surface area contributed by atoms with Crippen molar-refractivity contribution in [1.29, 1.82) is 0 Å². The van der Waals surface area contributed by atoms with Crippen LogP contribution in [0.25, 0.3) is 0 Å². The van der Waals surface area contributed by atoms with Crippen molar-refractivity contribution in [1.82, 2.24) is 0 Å². The van der Waals surface area contributed by atoms with E-state index < -0.39 is 0 Å². The summed E-state index contributed by atoms with van der Waals surface area (Å²) in [5.74, 6) is 1.41. The Kier molecular flexibility index (Phi) is 1.07. The molecule has 2 N–H and O–H groups in total. The molecule has 3 aliphatic carbocycles. The van der Waals surface area contributed by atoms with E-state index in [1.54, 1.807) is 12.1 Å². The Morgan fingerprint density at radius 2 is 1.40 bits per heavy atom. The van der Waals surface area contributed by atoms with Gasteiger partial charge in [-0.15, -0.1) is 0 Å². The topological polar surface area (TPSA) is 40.5 Å². The Balaban J connectivity index is 2.06. The summed E-state index contributed by atoms with van der Waals surface area (Å²) in [5.41, 5.74) is 2.30. The Morgan fingerprint density at radius 3 is 1.80 bits per heavy atom. The Hall–Kier alpha value is -1.44. The van der Waals surface area contributed by atoms with Crippen LogP contribution in [0.3, 0.4) is 0 Å². The molecule has 2 bridgehead atoms. The van der Waals surface area contributed by atoms with Crippen molar-refractivity contribution in [2.24, 2.45) is 5.41 Å². The van der Waals surface area contributed by atoms with Gasteiger partial charge in [0, 0.05) is 23.0 Å². The third-order valence-corrected chi connectivity index (χ3v) is 4.43. The number of benzene rings is 1. The van der Waals surface area contributed by atoms with Crippen LogP contribution >= 0.6 is 0 Å². The molecule has 2 unspecified atom stereocenters. The second kappa shape index (κ2) is 2.06. The molecule has 2 atom stereocenters. The second-order valence-electron chi connectivity index (χ2n) is 5.00. The summed E-state index contributed by atoms with van der Waals surface area (Å²) in [6, 6.07) is 3.22. The second-order valence-corrected chi connectivity index (χ2v) is 5.00. The van der Waals surface area contributed by atoms with Gasteiger partial charge in [-0.2, -0.15) is 0 Å². The van der Waals surface area contributed by atoms with Gasteiger partial charge >= 0.3 is 0 Å². The van der Waals surface area contributed by atoms with Crippen molar-refractivity contribution in [2.75, 3.05) is 0 Å². The normalized spacial score (nSPS) is 32.3. The molecule has 4 rings (SSSR count). The van der Waals surface area contributed by atoms with Gasteiger partial charge < -0.3 is 10.2 Å². The summed E-state index contributed by atoms with van der Waals surface area (Å²) in [6.07, 6.45) is 6.87. The third-order valence-electron chi connectivity index (χ3n) is 4.43. The van der Waals surface area contributed by atoms with Crippen LogP contribution in [0.5, 0.6) is 11.5 Å². The lowest BCUT2D eigenvalue weighted by atomic mass is 9.90. The maximum Gasteiger partial charge on any atom is 0.119 e. The van der Waals surface area contributed by atoms with Gasteiger partial charge in [-0.05, 0) is 30.4 Å². The van der Waals surface area contributed by atoms with E-state index in [1.165, 1.54) is 12.8 Å². The molecule has 0 amide bonds. The first kappa shape index (κ1) is 7.80. The van der Waals surface area contributed by atoms with Gasteiger partial charge in [0.25, 0.3) is 0 Å². The number of allylic oxidation sites excluding steroid dienone is 2. The highest BCUT2D eigenvalue weighted by atomic mass is 16.3. The van der Waals surface area contributed by atoms with Crippen LogP contribution in [0.2, 0.25) is 0 Å². The number of aromatic hydroxyl groups is 2. The molecule has 2 nitrogen and oxygen atoms in total. The quantitative estimate of drug-likeness (QED) is 0.499. The molecule has 1 aromatic carbocycles. The third kappa shape index (κ3) is 0.675. The molecule has 0 aromatic heterocycles. The van der Waals surface area contributed by atoms with Crippen LogP contribution < -0.4 is 0 Å². The fourth-order valence-corrected chi connectivity index (χ4v) is 3.60. The molecular formula is C13H12O2. The van der Waals surface area contributed by atoms with E-state index in [1.807, 2.05) is 0 Å². The Bertz CT molecular complexity index is 457. The van der Waals surface area contributed by atoms with Gasteiger partial charge in [0.2, 0.25) is 0 Å². The number of phenolic OH excluding ortho intramolecular Hbond substituents is 2. The van der Waals surface area contributed by atoms with E-state index in [0.717, 1.165) is 11.1 Å². The lowest BCUT2D eigenvalue weighted by molar-refractivity contribution is 0.448. The first-order valence-electron chi connectivity index (χ1n) is 5.47. The van der Waals surface area contributed by atoms with E-state index in [0.29, 0.717) is 28.7 Å². The van der Waals surface area contributed by atoms with E-state index in [9.17, 15) is 10.2 Å². The van der Waals surface area contributed by atoms with Gasteiger partial charge in [0.1, 0.15) is 11.5 Å². The fraction of sp³-hybridized carbons (Fsp3) is 0.385. The summed E-state index contributed by atoms with van der Waals surface area (Å²) in [6.45, 7) is 0. The molecule has 0 radical (unpaired) electrons. The van der Waals surface area contributed by atoms with E-state index in [4.69, 9.17) is 0 Å². The number of hydrogen-bond acceptors (Lipinski definition) is 2. The zero-order valence-electron chi connectivity index (χ0n) is 8.27. The van der Waals surface area contributed by atoms with Crippen molar-refractivity contribution in [3.8, 4) is 11.5 Å². The molecule has 76 valence electrons. The monoisotopic (exact) mass is 200 g/mol. The van der Waals surface area contributed by atoms with Gasteiger partial charge in [-0.1, -0.05) is 12.2 Å². The summed E-state index contributed by atoms with van der Waals surface area (Å²) >= 11 is 0. The highest BCUT2D eigenvalue weighted by Gasteiger charge is 2.63. The first-order chi connectivity index (χ1) is 7.24. The molecule has 15 heavy (non-hydrogen) atoms. The minimum Gasteiger partial charge on any atom is -0.508 e. The van der Waals surface area contributed by atoms with E-state index in [-0.39, 0.29) is 0 Å². The summed E-state index contributed by atoms with van der Waals surface area (Å²) in [4.78, 5) is 0. The van der Waals surface area contributed by atoms with Gasteiger partial charge in [0.05, 0.1) is 0 Å². The number of phenols is 2. The number of hydrogen-bond donors (Lipinski definition) is 2. The summed E-state index contributed by atoms with van der Waals surface area (Å²) in [7, 11) is 0.